The van der Waals surface area contributed by atoms with Crippen molar-refractivity contribution in [2.24, 2.45) is 5.92 Å². The fourth-order valence-electron chi connectivity index (χ4n) is 3.14. The van der Waals surface area contributed by atoms with Crippen LogP contribution in [0.3, 0.4) is 0 Å². The van der Waals surface area contributed by atoms with E-state index in [1.807, 2.05) is 0 Å². The van der Waals surface area contributed by atoms with Crippen molar-refractivity contribution < 1.29 is 4.74 Å². The zero-order chi connectivity index (χ0) is 10.9. The van der Waals surface area contributed by atoms with Gasteiger partial charge in [-0.1, -0.05) is 13.3 Å². The van der Waals surface area contributed by atoms with E-state index >= 15 is 0 Å². The third-order valence-corrected chi connectivity index (χ3v) is 4.08. The van der Waals surface area contributed by atoms with Gasteiger partial charge in [0, 0.05) is 13.1 Å². The second kappa shape index (κ2) is 4.06. The number of rotatable bonds is 1. The first-order valence-electron chi connectivity index (χ1n) is 6.46. The highest BCUT2D eigenvalue weighted by molar-refractivity contribution is 4.95. The number of hydrogen-bond acceptors (Lipinski definition) is 2. The highest BCUT2D eigenvalue weighted by Crippen LogP contribution is 2.39. The molecule has 1 aliphatic carbocycles. The molecule has 15 heavy (non-hydrogen) atoms. The van der Waals surface area contributed by atoms with Gasteiger partial charge in [0.2, 0.25) is 0 Å². The molecule has 2 heteroatoms. The van der Waals surface area contributed by atoms with Crippen LogP contribution in [0.4, 0.5) is 0 Å². The predicted octanol–water partition coefficient (Wildman–Crippen LogP) is 2.72. The van der Waals surface area contributed by atoms with Crippen LogP contribution in [0.5, 0.6) is 0 Å². The molecule has 0 unspecified atom stereocenters. The van der Waals surface area contributed by atoms with Gasteiger partial charge in [-0.15, -0.1) is 0 Å². The molecule has 0 amide bonds. The van der Waals surface area contributed by atoms with Crippen molar-refractivity contribution in [1.29, 1.82) is 0 Å². The zero-order valence-corrected chi connectivity index (χ0v) is 10.4. The summed E-state index contributed by atoms with van der Waals surface area (Å²) < 4.78 is 6.33. The molecule has 0 aromatic heterocycles. The van der Waals surface area contributed by atoms with Crippen LogP contribution in [0.15, 0.2) is 0 Å². The standard InChI is InChI=1S/C13H25NO/c1-4-11-5-7-13(8-6-11)10-14-9-12(2,3)15-13/h11,14H,4-10H2,1-3H3. The first kappa shape index (κ1) is 11.4. The molecule has 0 aromatic carbocycles. The molecule has 2 aliphatic rings. The van der Waals surface area contributed by atoms with E-state index in [1.165, 1.54) is 32.1 Å². The maximum absolute atomic E-state index is 6.33. The molecule has 88 valence electrons. The van der Waals surface area contributed by atoms with Crippen LogP contribution in [0.1, 0.15) is 52.9 Å². The fraction of sp³-hybridized carbons (Fsp3) is 1.00. The van der Waals surface area contributed by atoms with Gasteiger partial charge in [-0.3, -0.25) is 0 Å². The summed E-state index contributed by atoms with van der Waals surface area (Å²) in [6.07, 6.45) is 6.55. The van der Waals surface area contributed by atoms with E-state index in [2.05, 4.69) is 26.1 Å². The average Bonchev–Trinajstić information content (AvgIpc) is 2.17. The van der Waals surface area contributed by atoms with Crippen molar-refractivity contribution in [3.8, 4) is 0 Å². The predicted molar refractivity (Wildman–Crippen MR) is 63.0 cm³/mol. The largest absolute Gasteiger partial charge is 0.366 e. The quantitative estimate of drug-likeness (QED) is 0.720. The molecule has 0 atom stereocenters. The molecule has 1 heterocycles. The SMILES string of the molecule is CCC1CCC2(CC1)CNCC(C)(C)O2. The molecule has 2 rings (SSSR count). The lowest BCUT2D eigenvalue weighted by Gasteiger charge is -2.49. The lowest BCUT2D eigenvalue weighted by atomic mass is 9.76. The summed E-state index contributed by atoms with van der Waals surface area (Å²) in [7, 11) is 0. The lowest BCUT2D eigenvalue weighted by molar-refractivity contribution is -0.179. The monoisotopic (exact) mass is 211 g/mol. The van der Waals surface area contributed by atoms with Gasteiger partial charge in [-0.25, -0.2) is 0 Å². The highest BCUT2D eigenvalue weighted by atomic mass is 16.5. The van der Waals surface area contributed by atoms with Gasteiger partial charge in [-0.05, 0) is 45.4 Å². The molecular weight excluding hydrogens is 186 g/mol. The van der Waals surface area contributed by atoms with Crippen LogP contribution in [0.25, 0.3) is 0 Å². The molecule has 1 N–H and O–H groups in total. The Kier molecular flexibility index (Phi) is 3.09. The maximum atomic E-state index is 6.33. The van der Waals surface area contributed by atoms with Crippen molar-refractivity contribution >= 4 is 0 Å². The number of morpholine rings is 1. The Morgan fingerprint density at radius 2 is 1.87 bits per heavy atom. The molecule has 2 fully saturated rings. The van der Waals surface area contributed by atoms with Crippen molar-refractivity contribution in [3.63, 3.8) is 0 Å². The molecule has 1 spiro atoms. The molecule has 0 aromatic rings. The van der Waals surface area contributed by atoms with Crippen LogP contribution in [-0.4, -0.2) is 24.3 Å². The summed E-state index contributed by atoms with van der Waals surface area (Å²) in [5.74, 6) is 0.948. The summed E-state index contributed by atoms with van der Waals surface area (Å²) in [6.45, 7) is 8.77. The Labute approximate surface area is 93.8 Å². The summed E-state index contributed by atoms with van der Waals surface area (Å²) in [6, 6.07) is 0. The molecule has 1 aliphatic heterocycles. The van der Waals surface area contributed by atoms with E-state index in [9.17, 15) is 0 Å². The van der Waals surface area contributed by atoms with E-state index in [0.717, 1.165) is 19.0 Å². The van der Waals surface area contributed by atoms with Gasteiger partial charge in [0.25, 0.3) is 0 Å². The first-order valence-corrected chi connectivity index (χ1v) is 6.46. The number of ether oxygens (including phenoxy) is 1. The van der Waals surface area contributed by atoms with Crippen LogP contribution in [0, 0.1) is 5.92 Å². The van der Waals surface area contributed by atoms with E-state index in [1.54, 1.807) is 0 Å². The van der Waals surface area contributed by atoms with Crippen molar-refractivity contribution in [2.45, 2.75) is 64.1 Å². The van der Waals surface area contributed by atoms with E-state index in [4.69, 9.17) is 4.74 Å². The number of hydrogen-bond donors (Lipinski definition) is 1. The molecule has 1 saturated carbocycles. The van der Waals surface area contributed by atoms with Crippen LogP contribution >= 0.6 is 0 Å². The summed E-state index contributed by atoms with van der Waals surface area (Å²) in [4.78, 5) is 0. The maximum Gasteiger partial charge on any atom is 0.0814 e. The topological polar surface area (TPSA) is 21.3 Å². The normalized spacial score (nSPS) is 40.6. The summed E-state index contributed by atoms with van der Waals surface area (Å²) in [5.41, 5.74) is 0.185. The smallest absolute Gasteiger partial charge is 0.0814 e. The van der Waals surface area contributed by atoms with E-state index in [-0.39, 0.29) is 11.2 Å². The Hall–Kier alpha value is -0.0800. The molecule has 0 radical (unpaired) electrons. The summed E-state index contributed by atoms with van der Waals surface area (Å²) >= 11 is 0. The van der Waals surface area contributed by atoms with Gasteiger partial charge in [0.1, 0.15) is 0 Å². The summed E-state index contributed by atoms with van der Waals surface area (Å²) in [5, 5.41) is 3.54. The highest BCUT2D eigenvalue weighted by Gasteiger charge is 2.42. The van der Waals surface area contributed by atoms with Gasteiger partial charge in [0.15, 0.2) is 0 Å². The van der Waals surface area contributed by atoms with Crippen LogP contribution < -0.4 is 5.32 Å². The Morgan fingerprint density at radius 1 is 1.20 bits per heavy atom. The van der Waals surface area contributed by atoms with Crippen molar-refractivity contribution in [3.05, 3.63) is 0 Å². The Bertz CT molecular complexity index is 217. The third-order valence-electron chi connectivity index (χ3n) is 4.08. The van der Waals surface area contributed by atoms with Crippen LogP contribution in [-0.2, 0) is 4.74 Å². The fourth-order valence-corrected chi connectivity index (χ4v) is 3.14. The van der Waals surface area contributed by atoms with E-state index < -0.39 is 0 Å². The van der Waals surface area contributed by atoms with Gasteiger partial charge >= 0.3 is 0 Å². The Morgan fingerprint density at radius 3 is 2.40 bits per heavy atom. The number of nitrogens with one attached hydrogen (secondary N) is 1. The molecular formula is C13H25NO. The second-order valence-corrected chi connectivity index (χ2v) is 6.00. The average molecular weight is 211 g/mol. The third kappa shape index (κ3) is 2.54. The minimum Gasteiger partial charge on any atom is -0.366 e. The molecule has 0 bridgehead atoms. The van der Waals surface area contributed by atoms with Gasteiger partial charge in [0.05, 0.1) is 11.2 Å². The minimum absolute atomic E-state index is 0.0251. The lowest BCUT2D eigenvalue weighted by Crippen LogP contribution is -2.59. The minimum atomic E-state index is 0.0251. The second-order valence-electron chi connectivity index (χ2n) is 6.00. The van der Waals surface area contributed by atoms with Gasteiger partial charge < -0.3 is 10.1 Å². The molecule has 1 saturated heterocycles. The van der Waals surface area contributed by atoms with Crippen LogP contribution in [0.2, 0.25) is 0 Å². The zero-order valence-electron chi connectivity index (χ0n) is 10.4. The van der Waals surface area contributed by atoms with E-state index in [0.29, 0.717) is 0 Å². The molecule has 2 nitrogen and oxygen atoms in total. The Balaban J connectivity index is 1.97. The first-order chi connectivity index (χ1) is 7.05. The van der Waals surface area contributed by atoms with Crippen molar-refractivity contribution in [1.82, 2.24) is 5.32 Å². The van der Waals surface area contributed by atoms with Crippen molar-refractivity contribution in [2.75, 3.05) is 13.1 Å². The van der Waals surface area contributed by atoms with Gasteiger partial charge in [-0.2, -0.15) is 0 Å².